The molecule has 0 aromatic carbocycles. The third-order valence-corrected chi connectivity index (χ3v) is 3.46. The van der Waals surface area contributed by atoms with Crippen LogP contribution in [0.2, 0.25) is 0 Å². The fraction of sp³-hybridized carbons (Fsp3) is 0.700. The van der Waals surface area contributed by atoms with Gasteiger partial charge in [0.2, 0.25) is 5.95 Å². The van der Waals surface area contributed by atoms with Gasteiger partial charge in [0.15, 0.2) is 0 Å². The lowest BCUT2D eigenvalue weighted by atomic mass is 10.2. The van der Waals surface area contributed by atoms with E-state index in [0.717, 1.165) is 18.2 Å². The molecule has 0 aliphatic rings. The zero-order valence-corrected chi connectivity index (χ0v) is 10.4. The number of nitrogens with one attached hydrogen (secondary N) is 1. The predicted molar refractivity (Wildman–Crippen MR) is 64.1 cm³/mol. The molecule has 0 aliphatic carbocycles. The second-order valence-corrected chi connectivity index (χ2v) is 5.56. The standard InChI is InChI=1S/C10H19N3S/c1-8-6-13(9(11-4)12-8)7-10(2,3)14-5/h6H,7H2,1-5H3,(H,11,12). The zero-order chi connectivity index (χ0) is 10.8. The largest absolute Gasteiger partial charge is 0.359 e. The van der Waals surface area contributed by atoms with Gasteiger partial charge in [-0.3, -0.25) is 0 Å². The van der Waals surface area contributed by atoms with Crippen molar-refractivity contribution >= 4 is 17.7 Å². The summed E-state index contributed by atoms with van der Waals surface area (Å²) in [4.78, 5) is 4.39. The molecule has 0 atom stereocenters. The fourth-order valence-corrected chi connectivity index (χ4v) is 1.61. The number of thioether (sulfide) groups is 1. The molecule has 0 saturated heterocycles. The lowest BCUT2D eigenvalue weighted by Gasteiger charge is -2.23. The van der Waals surface area contributed by atoms with Crippen LogP contribution in [-0.4, -0.2) is 27.6 Å². The quantitative estimate of drug-likeness (QED) is 0.833. The molecule has 4 heteroatoms. The minimum absolute atomic E-state index is 0.249. The van der Waals surface area contributed by atoms with Crippen molar-refractivity contribution in [2.24, 2.45) is 0 Å². The number of nitrogens with zero attached hydrogens (tertiary/aromatic N) is 2. The molecule has 0 saturated carbocycles. The van der Waals surface area contributed by atoms with Crippen molar-refractivity contribution < 1.29 is 0 Å². The molecule has 80 valence electrons. The van der Waals surface area contributed by atoms with Crippen LogP contribution >= 0.6 is 11.8 Å². The number of imidazole rings is 1. The zero-order valence-electron chi connectivity index (χ0n) is 9.59. The van der Waals surface area contributed by atoms with E-state index in [1.54, 1.807) is 0 Å². The topological polar surface area (TPSA) is 29.9 Å². The second kappa shape index (κ2) is 4.26. The predicted octanol–water partition coefficient (Wildman–Crippen LogP) is 2.37. The van der Waals surface area contributed by atoms with Gasteiger partial charge in [-0.2, -0.15) is 11.8 Å². The summed E-state index contributed by atoms with van der Waals surface area (Å²) in [6.45, 7) is 7.48. The molecule has 1 N–H and O–H groups in total. The van der Waals surface area contributed by atoms with Gasteiger partial charge in [0.25, 0.3) is 0 Å². The van der Waals surface area contributed by atoms with E-state index in [2.05, 4.69) is 41.2 Å². The normalized spacial score (nSPS) is 11.8. The summed E-state index contributed by atoms with van der Waals surface area (Å²) < 4.78 is 2.42. The first kappa shape index (κ1) is 11.4. The Morgan fingerprint density at radius 3 is 2.71 bits per heavy atom. The summed E-state index contributed by atoms with van der Waals surface area (Å²) in [6.07, 6.45) is 4.23. The van der Waals surface area contributed by atoms with Crippen LogP contribution in [0.15, 0.2) is 6.20 Å². The molecular formula is C10H19N3S. The van der Waals surface area contributed by atoms with Crippen LogP contribution in [-0.2, 0) is 6.54 Å². The molecule has 1 rings (SSSR count). The molecule has 3 nitrogen and oxygen atoms in total. The van der Waals surface area contributed by atoms with Crippen molar-refractivity contribution in [1.29, 1.82) is 0 Å². The van der Waals surface area contributed by atoms with Gasteiger partial charge in [0.05, 0.1) is 5.69 Å². The van der Waals surface area contributed by atoms with Gasteiger partial charge in [-0.05, 0) is 27.0 Å². The van der Waals surface area contributed by atoms with E-state index in [-0.39, 0.29) is 4.75 Å². The highest BCUT2D eigenvalue weighted by molar-refractivity contribution is 7.99. The van der Waals surface area contributed by atoms with Gasteiger partial charge < -0.3 is 9.88 Å². The van der Waals surface area contributed by atoms with Crippen LogP contribution in [0, 0.1) is 6.92 Å². The first-order valence-corrected chi connectivity index (χ1v) is 5.97. The SMILES string of the molecule is CNc1nc(C)cn1CC(C)(C)SC. The summed E-state index contributed by atoms with van der Waals surface area (Å²) in [7, 11) is 1.91. The maximum Gasteiger partial charge on any atom is 0.202 e. The second-order valence-electron chi connectivity index (χ2n) is 4.05. The molecule has 0 spiro atoms. The molecule has 0 unspecified atom stereocenters. The Morgan fingerprint density at radius 1 is 1.57 bits per heavy atom. The van der Waals surface area contributed by atoms with Crippen molar-refractivity contribution in [3.8, 4) is 0 Å². The Kier molecular flexibility index (Phi) is 3.48. The van der Waals surface area contributed by atoms with E-state index in [4.69, 9.17) is 0 Å². The molecule has 1 aromatic heterocycles. The number of hydrogen-bond acceptors (Lipinski definition) is 3. The van der Waals surface area contributed by atoms with Crippen molar-refractivity contribution in [1.82, 2.24) is 9.55 Å². The number of rotatable bonds is 4. The Morgan fingerprint density at radius 2 is 2.21 bits per heavy atom. The van der Waals surface area contributed by atoms with Crippen LogP contribution in [0.25, 0.3) is 0 Å². The highest BCUT2D eigenvalue weighted by Gasteiger charge is 2.18. The monoisotopic (exact) mass is 213 g/mol. The van der Waals surface area contributed by atoms with E-state index in [9.17, 15) is 0 Å². The average molecular weight is 213 g/mol. The Balaban J connectivity index is 2.85. The molecule has 1 aromatic rings. The maximum absolute atomic E-state index is 4.39. The Labute approximate surface area is 90.3 Å². The van der Waals surface area contributed by atoms with Crippen LogP contribution < -0.4 is 5.32 Å². The van der Waals surface area contributed by atoms with E-state index >= 15 is 0 Å². The molecule has 14 heavy (non-hydrogen) atoms. The summed E-state index contributed by atoms with van der Waals surface area (Å²) in [5, 5.41) is 3.11. The molecule has 1 heterocycles. The number of hydrogen-bond donors (Lipinski definition) is 1. The lowest BCUT2D eigenvalue weighted by molar-refractivity contribution is 0.572. The van der Waals surface area contributed by atoms with E-state index in [0.29, 0.717) is 0 Å². The molecule has 0 amide bonds. The van der Waals surface area contributed by atoms with Crippen LogP contribution in [0.5, 0.6) is 0 Å². The van der Waals surface area contributed by atoms with Crippen molar-refractivity contribution in [2.75, 3.05) is 18.6 Å². The fourth-order valence-electron chi connectivity index (χ4n) is 1.34. The number of aryl methyl sites for hydroxylation is 1. The smallest absolute Gasteiger partial charge is 0.202 e. The average Bonchev–Trinajstić information content (AvgIpc) is 2.45. The summed E-state index contributed by atoms with van der Waals surface area (Å²) in [6, 6.07) is 0. The number of aromatic nitrogens is 2. The Hall–Kier alpha value is -0.640. The van der Waals surface area contributed by atoms with Gasteiger partial charge in [0, 0.05) is 24.5 Å². The first-order valence-electron chi connectivity index (χ1n) is 4.75. The van der Waals surface area contributed by atoms with Gasteiger partial charge in [-0.1, -0.05) is 0 Å². The van der Waals surface area contributed by atoms with Gasteiger partial charge in [-0.15, -0.1) is 0 Å². The minimum atomic E-state index is 0.249. The summed E-state index contributed by atoms with van der Waals surface area (Å²) >= 11 is 1.87. The van der Waals surface area contributed by atoms with Gasteiger partial charge >= 0.3 is 0 Å². The molecule has 0 bridgehead atoms. The molecule has 0 radical (unpaired) electrons. The van der Waals surface area contributed by atoms with Crippen LogP contribution in [0.4, 0.5) is 5.95 Å². The maximum atomic E-state index is 4.39. The van der Waals surface area contributed by atoms with E-state index in [1.807, 2.05) is 25.7 Å². The molecule has 0 aliphatic heterocycles. The van der Waals surface area contributed by atoms with Gasteiger partial charge in [0.1, 0.15) is 0 Å². The van der Waals surface area contributed by atoms with Crippen molar-refractivity contribution in [3.05, 3.63) is 11.9 Å². The van der Waals surface area contributed by atoms with E-state index in [1.165, 1.54) is 0 Å². The van der Waals surface area contributed by atoms with Crippen molar-refractivity contribution in [3.63, 3.8) is 0 Å². The third kappa shape index (κ3) is 2.67. The summed E-state index contributed by atoms with van der Waals surface area (Å²) in [5.74, 6) is 0.949. The minimum Gasteiger partial charge on any atom is -0.359 e. The Bertz CT molecular complexity index is 304. The third-order valence-electron chi connectivity index (χ3n) is 2.22. The van der Waals surface area contributed by atoms with Crippen LogP contribution in [0.3, 0.4) is 0 Å². The first-order chi connectivity index (χ1) is 6.48. The van der Waals surface area contributed by atoms with Crippen molar-refractivity contribution in [2.45, 2.75) is 32.1 Å². The highest BCUT2D eigenvalue weighted by Crippen LogP contribution is 2.25. The van der Waals surface area contributed by atoms with Gasteiger partial charge in [-0.25, -0.2) is 4.98 Å². The molecular weight excluding hydrogens is 194 g/mol. The summed E-state index contributed by atoms with van der Waals surface area (Å²) in [5.41, 5.74) is 1.06. The number of anilines is 1. The van der Waals surface area contributed by atoms with E-state index < -0.39 is 0 Å². The molecule has 0 fully saturated rings. The highest BCUT2D eigenvalue weighted by atomic mass is 32.2. The van der Waals surface area contributed by atoms with Crippen LogP contribution in [0.1, 0.15) is 19.5 Å². The lowest BCUT2D eigenvalue weighted by Crippen LogP contribution is -2.22.